The number of hydrogen-bond acceptors (Lipinski definition) is 2. The van der Waals surface area contributed by atoms with Gasteiger partial charge in [0.1, 0.15) is 0 Å². The van der Waals surface area contributed by atoms with E-state index < -0.39 is 0 Å². The van der Waals surface area contributed by atoms with E-state index in [1.54, 1.807) is 0 Å². The summed E-state index contributed by atoms with van der Waals surface area (Å²) in [5, 5.41) is 3.60. The minimum Gasteiger partial charge on any atom is -0.325 e. The van der Waals surface area contributed by atoms with Gasteiger partial charge in [-0.25, -0.2) is 0 Å². The maximum absolute atomic E-state index is 12.6. The summed E-state index contributed by atoms with van der Waals surface area (Å²) >= 11 is 0. The fraction of sp³-hybridized carbons (Fsp3) is 0.941. The van der Waals surface area contributed by atoms with Gasteiger partial charge in [0, 0.05) is 6.54 Å². The second kappa shape index (κ2) is 5.01. The van der Waals surface area contributed by atoms with E-state index in [1.807, 2.05) is 6.92 Å². The van der Waals surface area contributed by atoms with Crippen LogP contribution in [0.15, 0.2) is 0 Å². The highest BCUT2D eigenvalue weighted by Gasteiger charge is 2.47. The molecule has 4 aliphatic rings. The molecule has 1 heterocycles. The van der Waals surface area contributed by atoms with Crippen molar-refractivity contribution in [3.63, 3.8) is 0 Å². The van der Waals surface area contributed by atoms with E-state index in [2.05, 4.69) is 10.2 Å². The zero-order valence-electron chi connectivity index (χ0n) is 12.7. The summed E-state index contributed by atoms with van der Waals surface area (Å²) in [4.78, 5) is 14.8. The first-order valence-electron chi connectivity index (χ1n) is 8.80. The third-order valence-corrected chi connectivity index (χ3v) is 6.12. The maximum atomic E-state index is 12.6. The predicted octanol–water partition coefficient (Wildman–Crippen LogP) is 2.76. The van der Waals surface area contributed by atoms with Crippen molar-refractivity contribution in [3.05, 3.63) is 0 Å². The molecule has 3 aliphatic carbocycles. The van der Waals surface area contributed by atoms with E-state index in [1.165, 1.54) is 51.4 Å². The van der Waals surface area contributed by atoms with Gasteiger partial charge in [-0.2, -0.15) is 0 Å². The highest BCUT2D eigenvalue weighted by Crippen LogP contribution is 2.50. The summed E-state index contributed by atoms with van der Waals surface area (Å²) in [6.07, 6.45) is 11.3. The number of amides is 1. The first-order valence-corrected chi connectivity index (χ1v) is 8.80. The molecule has 112 valence electrons. The number of nitrogens with zero attached hydrogens (tertiary/aromatic N) is 1. The summed E-state index contributed by atoms with van der Waals surface area (Å²) in [6.45, 7) is 3.10. The smallest absolute Gasteiger partial charge is 0.240 e. The lowest BCUT2D eigenvalue weighted by atomic mass is 9.95. The molecule has 0 aromatic heterocycles. The van der Waals surface area contributed by atoms with E-state index >= 15 is 0 Å². The Bertz CT molecular complexity index is 370. The van der Waals surface area contributed by atoms with Crippen LogP contribution in [0, 0.1) is 23.7 Å². The summed E-state index contributed by atoms with van der Waals surface area (Å²) in [5.74, 6) is 3.77. The maximum Gasteiger partial charge on any atom is 0.240 e. The normalized spacial score (nSPS) is 35.5. The fourth-order valence-corrected chi connectivity index (χ4v) is 4.63. The van der Waals surface area contributed by atoms with Crippen LogP contribution in [0.3, 0.4) is 0 Å². The molecule has 0 aromatic rings. The highest BCUT2D eigenvalue weighted by molar-refractivity contribution is 5.84. The molecule has 4 fully saturated rings. The summed E-state index contributed by atoms with van der Waals surface area (Å²) < 4.78 is 0. The molecule has 1 aliphatic heterocycles. The first-order chi connectivity index (χ1) is 9.74. The second-order valence-electron chi connectivity index (χ2n) is 7.71. The average molecular weight is 276 g/mol. The van der Waals surface area contributed by atoms with Crippen LogP contribution < -0.4 is 5.32 Å². The topological polar surface area (TPSA) is 32.3 Å². The van der Waals surface area contributed by atoms with Crippen molar-refractivity contribution in [3.8, 4) is 0 Å². The molecule has 1 N–H and O–H groups in total. The molecule has 3 heteroatoms. The Hall–Kier alpha value is -0.570. The molecule has 3 saturated carbocycles. The van der Waals surface area contributed by atoms with Gasteiger partial charge in [0.05, 0.1) is 12.2 Å². The number of rotatable bonds is 5. The third-order valence-electron chi connectivity index (χ3n) is 6.12. The van der Waals surface area contributed by atoms with Gasteiger partial charge in [0.15, 0.2) is 0 Å². The van der Waals surface area contributed by atoms with Crippen LogP contribution in [-0.4, -0.2) is 29.6 Å². The van der Waals surface area contributed by atoms with Gasteiger partial charge >= 0.3 is 0 Å². The Kier molecular flexibility index (Phi) is 3.29. The number of nitrogens with one attached hydrogen (secondary N) is 1. The van der Waals surface area contributed by atoms with Crippen molar-refractivity contribution in [2.45, 2.75) is 70.5 Å². The minimum atomic E-state index is 0.0413. The monoisotopic (exact) mass is 276 g/mol. The number of hydrogen-bond donors (Lipinski definition) is 1. The Morgan fingerprint density at radius 3 is 2.25 bits per heavy atom. The molecule has 4 rings (SSSR count). The van der Waals surface area contributed by atoms with Gasteiger partial charge in [0.25, 0.3) is 0 Å². The molecule has 0 radical (unpaired) electrons. The predicted molar refractivity (Wildman–Crippen MR) is 79.0 cm³/mol. The SMILES string of the molecule is CC1NC(C2CCCC2)N(CC(C2CC2)C2CC2)C1=O. The van der Waals surface area contributed by atoms with Gasteiger partial charge in [-0.05, 0) is 69.1 Å². The second-order valence-corrected chi connectivity index (χ2v) is 7.71. The third kappa shape index (κ3) is 2.38. The fourth-order valence-electron chi connectivity index (χ4n) is 4.63. The van der Waals surface area contributed by atoms with Crippen molar-refractivity contribution in [1.82, 2.24) is 10.2 Å². The van der Waals surface area contributed by atoms with Gasteiger partial charge in [-0.15, -0.1) is 0 Å². The molecule has 2 atom stereocenters. The molecule has 2 unspecified atom stereocenters. The van der Waals surface area contributed by atoms with E-state index in [-0.39, 0.29) is 6.04 Å². The molecule has 20 heavy (non-hydrogen) atoms. The number of carbonyl (C=O) groups excluding carboxylic acids is 1. The number of carbonyl (C=O) groups is 1. The van der Waals surface area contributed by atoms with Crippen molar-refractivity contribution in [2.24, 2.45) is 23.7 Å². The molecule has 1 saturated heterocycles. The largest absolute Gasteiger partial charge is 0.325 e. The zero-order chi connectivity index (χ0) is 13.7. The summed E-state index contributed by atoms with van der Waals surface area (Å²) in [6, 6.07) is 0.0413. The van der Waals surface area contributed by atoms with Crippen LogP contribution in [0.5, 0.6) is 0 Å². The van der Waals surface area contributed by atoms with Gasteiger partial charge < -0.3 is 4.90 Å². The van der Waals surface area contributed by atoms with Crippen LogP contribution in [0.25, 0.3) is 0 Å². The van der Waals surface area contributed by atoms with Crippen LogP contribution in [-0.2, 0) is 4.79 Å². The summed E-state index contributed by atoms with van der Waals surface area (Å²) in [7, 11) is 0. The van der Waals surface area contributed by atoms with Crippen molar-refractivity contribution in [1.29, 1.82) is 0 Å². The van der Waals surface area contributed by atoms with Gasteiger partial charge in [0.2, 0.25) is 5.91 Å². The summed E-state index contributed by atoms with van der Waals surface area (Å²) in [5.41, 5.74) is 0. The first kappa shape index (κ1) is 13.1. The van der Waals surface area contributed by atoms with Crippen LogP contribution in [0.2, 0.25) is 0 Å². The standard InChI is InChI=1S/C17H28N2O/c1-11-17(20)19(16(18-11)14-4-2-3-5-14)10-15(12-6-7-12)13-8-9-13/h11-16,18H,2-10H2,1H3. The van der Waals surface area contributed by atoms with E-state index in [0.717, 1.165) is 24.3 Å². The lowest BCUT2D eigenvalue weighted by molar-refractivity contribution is -0.131. The van der Waals surface area contributed by atoms with Gasteiger partial charge in [-0.1, -0.05) is 12.8 Å². The molecular weight excluding hydrogens is 248 g/mol. The molecule has 3 nitrogen and oxygen atoms in total. The van der Waals surface area contributed by atoms with Crippen LogP contribution in [0.4, 0.5) is 0 Å². The quantitative estimate of drug-likeness (QED) is 0.837. The van der Waals surface area contributed by atoms with Gasteiger partial charge in [-0.3, -0.25) is 10.1 Å². The molecular formula is C17H28N2O. The zero-order valence-corrected chi connectivity index (χ0v) is 12.7. The molecule has 0 spiro atoms. The van der Waals surface area contributed by atoms with Crippen molar-refractivity contribution in [2.75, 3.05) is 6.54 Å². The lowest BCUT2D eigenvalue weighted by Crippen LogP contribution is -2.45. The van der Waals surface area contributed by atoms with Crippen LogP contribution in [0.1, 0.15) is 58.3 Å². The highest BCUT2D eigenvalue weighted by atomic mass is 16.2. The molecule has 0 aromatic carbocycles. The average Bonchev–Trinajstić information content (AvgIpc) is 3.37. The van der Waals surface area contributed by atoms with E-state index in [0.29, 0.717) is 18.0 Å². The minimum absolute atomic E-state index is 0.0413. The van der Waals surface area contributed by atoms with E-state index in [4.69, 9.17) is 0 Å². The molecule has 1 amide bonds. The Morgan fingerprint density at radius 1 is 1.10 bits per heavy atom. The lowest BCUT2D eigenvalue weighted by Gasteiger charge is -2.32. The molecule has 0 bridgehead atoms. The van der Waals surface area contributed by atoms with Crippen LogP contribution >= 0.6 is 0 Å². The van der Waals surface area contributed by atoms with Crippen molar-refractivity contribution < 1.29 is 4.79 Å². The van der Waals surface area contributed by atoms with Crippen molar-refractivity contribution >= 4 is 5.91 Å². The van der Waals surface area contributed by atoms with E-state index in [9.17, 15) is 4.79 Å². The Balaban J connectivity index is 1.48. The Morgan fingerprint density at radius 2 is 1.70 bits per heavy atom. The Labute approximate surface area is 122 Å².